The van der Waals surface area contributed by atoms with Gasteiger partial charge in [0.1, 0.15) is 17.4 Å². The lowest BCUT2D eigenvalue weighted by atomic mass is 9.95. The van der Waals surface area contributed by atoms with Crippen LogP contribution in [0.1, 0.15) is 48.8 Å². The lowest BCUT2D eigenvalue weighted by Crippen LogP contribution is -2.34. The molecule has 3 heterocycles. The summed E-state index contributed by atoms with van der Waals surface area (Å²) in [5.41, 5.74) is 1.32. The molecule has 0 radical (unpaired) electrons. The smallest absolute Gasteiger partial charge is 0.147 e. The minimum atomic E-state index is 0. The van der Waals surface area contributed by atoms with Crippen LogP contribution in [0, 0.1) is 5.92 Å². The number of rotatable bonds is 6. The summed E-state index contributed by atoms with van der Waals surface area (Å²) >= 11 is 0. The van der Waals surface area contributed by atoms with Crippen LogP contribution < -0.4 is 10.1 Å². The molecule has 6 nitrogen and oxygen atoms in total. The molecule has 1 N–H and O–H groups in total. The summed E-state index contributed by atoms with van der Waals surface area (Å²) in [7, 11) is 0. The Kier molecular flexibility index (Phi) is 6.19. The van der Waals surface area contributed by atoms with Crippen LogP contribution in [0.3, 0.4) is 0 Å². The third kappa shape index (κ3) is 4.34. The van der Waals surface area contributed by atoms with E-state index in [-0.39, 0.29) is 12.4 Å². The number of nitrogens with zero attached hydrogens (tertiary/aromatic N) is 4. The Morgan fingerprint density at radius 1 is 1.04 bits per heavy atom. The maximum Gasteiger partial charge on any atom is 0.147 e. The number of halogens is 1. The molecule has 2 aliphatic heterocycles. The van der Waals surface area contributed by atoms with Crippen LogP contribution in [0.5, 0.6) is 5.75 Å². The molecule has 1 aliphatic carbocycles. The van der Waals surface area contributed by atoms with Crippen LogP contribution in [0.2, 0.25) is 0 Å². The largest absolute Gasteiger partial charge is 0.493 e. The lowest BCUT2D eigenvalue weighted by molar-refractivity contribution is 0.195. The third-order valence-corrected chi connectivity index (χ3v) is 6.14. The van der Waals surface area contributed by atoms with Crippen molar-refractivity contribution in [1.29, 1.82) is 0 Å². The third-order valence-electron chi connectivity index (χ3n) is 6.14. The van der Waals surface area contributed by atoms with Gasteiger partial charge in [-0.3, -0.25) is 4.90 Å². The number of hydrogen-bond donors (Lipinski definition) is 1. The Morgan fingerprint density at radius 2 is 1.86 bits per heavy atom. The first kappa shape index (κ1) is 19.7. The number of para-hydroxylation sites is 1. The zero-order chi connectivity index (χ0) is 18.1. The van der Waals surface area contributed by atoms with Gasteiger partial charge in [-0.15, -0.1) is 22.6 Å². The van der Waals surface area contributed by atoms with Crippen molar-refractivity contribution in [2.75, 3.05) is 26.2 Å². The van der Waals surface area contributed by atoms with E-state index in [4.69, 9.17) is 4.74 Å². The summed E-state index contributed by atoms with van der Waals surface area (Å²) < 4.78 is 8.44. The normalized spacial score (nSPS) is 20.4. The molecule has 1 saturated heterocycles. The van der Waals surface area contributed by atoms with Gasteiger partial charge in [0.15, 0.2) is 0 Å². The molecule has 28 heavy (non-hydrogen) atoms. The van der Waals surface area contributed by atoms with Crippen molar-refractivity contribution in [2.45, 2.75) is 51.2 Å². The Balaban J connectivity index is 0.00000192. The van der Waals surface area contributed by atoms with Gasteiger partial charge in [0.25, 0.3) is 0 Å². The Morgan fingerprint density at radius 3 is 2.68 bits per heavy atom. The number of benzene rings is 1. The van der Waals surface area contributed by atoms with Crippen molar-refractivity contribution in [1.82, 2.24) is 25.0 Å². The number of aromatic nitrogens is 3. The van der Waals surface area contributed by atoms with E-state index in [1.807, 2.05) is 0 Å². The average Bonchev–Trinajstić information content (AvgIpc) is 3.45. The monoisotopic (exact) mass is 403 g/mol. The Bertz CT molecular complexity index is 783. The predicted octanol–water partition coefficient (Wildman–Crippen LogP) is 2.97. The molecule has 5 rings (SSSR count). The zero-order valence-electron chi connectivity index (χ0n) is 16.3. The first-order valence-electron chi connectivity index (χ1n) is 10.4. The summed E-state index contributed by atoms with van der Waals surface area (Å²) in [6.45, 7) is 6.97. The van der Waals surface area contributed by atoms with E-state index >= 15 is 0 Å². The zero-order valence-corrected chi connectivity index (χ0v) is 17.2. The van der Waals surface area contributed by atoms with E-state index in [0.717, 1.165) is 76.2 Å². The molecule has 7 heteroatoms. The van der Waals surface area contributed by atoms with Crippen LogP contribution in [0.25, 0.3) is 0 Å². The van der Waals surface area contributed by atoms with E-state index in [9.17, 15) is 0 Å². The number of piperidine rings is 1. The van der Waals surface area contributed by atoms with Gasteiger partial charge < -0.3 is 14.6 Å². The van der Waals surface area contributed by atoms with Gasteiger partial charge in [0, 0.05) is 31.1 Å². The molecule has 152 valence electrons. The summed E-state index contributed by atoms with van der Waals surface area (Å²) in [5.74, 6) is 4.71. The molecule has 2 fully saturated rings. The molecule has 1 aromatic heterocycles. The minimum Gasteiger partial charge on any atom is -0.493 e. The van der Waals surface area contributed by atoms with Crippen molar-refractivity contribution in [3.05, 3.63) is 41.5 Å². The maximum absolute atomic E-state index is 6.09. The maximum atomic E-state index is 6.09. The molecule has 1 aromatic carbocycles. The van der Waals surface area contributed by atoms with Gasteiger partial charge in [-0.2, -0.15) is 0 Å². The van der Waals surface area contributed by atoms with Gasteiger partial charge in [0.2, 0.25) is 0 Å². The summed E-state index contributed by atoms with van der Waals surface area (Å²) in [5, 5.41) is 12.3. The molecule has 1 saturated carbocycles. The number of hydrogen-bond acceptors (Lipinski definition) is 5. The van der Waals surface area contributed by atoms with E-state index in [0.29, 0.717) is 5.92 Å². The average molecular weight is 404 g/mol. The van der Waals surface area contributed by atoms with Gasteiger partial charge >= 0.3 is 0 Å². The SMILES string of the molecule is Cl.c1ccc(OCC2CC2)c(CN2CCC(c3nnc4n3CCNC4)CC2)c1. The number of fused-ring (bicyclic) bond motifs is 1. The van der Waals surface area contributed by atoms with Crippen LogP contribution in [0.4, 0.5) is 0 Å². The molecule has 0 bridgehead atoms. The van der Waals surface area contributed by atoms with Crippen LogP contribution in [-0.4, -0.2) is 45.9 Å². The summed E-state index contributed by atoms with van der Waals surface area (Å²) in [4.78, 5) is 2.56. The van der Waals surface area contributed by atoms with Crippen molar-refractivity contribution in [2.24, 2.45) is 5.92 Å². The van der Waals surface area contributed by atoms with Gasteiger partial charge in [-0.05, 0) is 50.8 Å². The molecule has 0 atom stereocenters. The van der Waals surface area contributed by atoms with E-state index in [1.54, 1.807) is 0 Å². The van der Waals surface area contributed by atoms with Crippen molar-refractivity contribution < 1.29 is 4.74 Å². The fourth-order valence-corrected chi connectivity index (χ4v) is 4.27. The highest BCUT2D eigenvalue weighted by Crippen LogP contribution is 2.32. The molecular formula is C21H30ClN5O. The molecular weight excluding hydrogens is 374 g/mol. The number of nitrogens with one attached hydrogen (secondary N) is 1. The summed E-state index contributed by atoms with van der Waals surface area (Å²) in [6.07, 6.45) is 4.99. The number of ether oxygens (including phenoxy) is 1. The fourth-order valence-electron chi connectivity index (χ4n) is 4.27. The fraction of sp³-hybridized carbons (Fsp3) is 0.619. The first-order valence-corrected chi connectivity index (χ1v) is 10.4. The van der Waals surface area contributed by atoms with E-state index in [1.165, 1.54) is 24.2 Å². The van der Waals surface area contributed by atoms with Crippen LogP contribution >= 0.6 is 12.4 Å². The quantitative estimate of drug-likeness (QED) is 0.803. The van der Waals surface area contributed by atoms with Crippen LogP contribution in [0.15, 0.2) is 24.3 Å². The molecule has 0 amide bonds. The summed E-state index contributed by atoms with van der Waals surface area (Å²) in [6, 6.07) is 8.56. The highest BCUT2D eigenvalue weighted by Gasteiger charge is 2.27. The molecule has 0 unspecified atom stereocenters. The molecule has 0 spiro atoms. The molecule has 3 aliphatic rings. The lowest BCUT2D eigenvalue weighted by Gasteiger charge is -2.32. The van der Waals surface area contributed by atoms with Crippen molar-refractivity contribution >= 4 is 12.4 Å². The Labute approximate surface area is 173 Å². The standard InChI is InChI=1S/C21H29N5O.ClH/c1-2-4-19(27-15-16-5-6-16)18(3-1)14-25-10-7-17(8-11-25)21-24-23-20-13-22-9-12-26(20)21;/h1-4,16-17,22H,5-15H2;1H. The highest BCUT2D eigenvalue weighted by atomic mass is 35.5. The molecule has 2 aromatic rings. The number of likely N-dealkylation sites (tertiary alicyclic amines) is 1. The van der Waals surface area contributed by atoms with E-state index < -0.39 is 0 Å². The van der Waals surface area contributed by atoms with Crippen molar-refractivity contribution in [3.63, 3.8) is 0 Å². The minimum absolute atomic E-state index is 0. The predicted molar refractivity (Wildman–Crippen MR) is 111 cm³/mol. The Hall–Kier alpha value is -1.63. The van der Waals surface area contributed by atoms with Gasteiger partial charge in [-0.25, -0.2) is 0 Å². The first-order chi connectivity index (χ1) is 13.4. The van der Waals surface area contributed by atoms with Gasteiger partial charge in [-0.1, -0.05) is 18.2 Å². The second kappa shape index (κ2) is 8.80. The van der Waals surface area contributed by atoms with Crippen LogP contribution in [-0.2, 0) is 19.6 Å². The topological polar surface area (TPSA) is 55.2 Å². The van der Waals surface area contributed by atoms with E-state index in [2.05, 4.69) is 49.2 Å². The van der Waals surface area contributed by atoms with Crippen molar-refractivity contribution in [3.8, 4) is 5.75 Å². The second-order valence-electron chi connectivity index (χ2n) is 8.22. The second-order valence-corrected chi connectivity index (χ2v) is 8.22. The van der Waals surface area contributed by atoms with Gasteiger partial charge in [0.05, 0.1) is 13.2 Å². The highest BCUT2D eigenvalue weighted by molar-refractivity contribution is 5.85.